The van der Waals surface area contributed by atoms with Crippen molar-refractivity contribution in [3.8, 4) is 11.4 Å². The molecule has 4 rings (SSSR count). The molecule has 1 fully saturated rings. The Bertz CT molecular complexity index is 1150. The van der Waals surface area contributed by atoms with E-state index in [1.807, 2.05) is 4.90 Å². The first-order valence-corrected chi connectivity index (χ1v) is 11.5. The number of nitrogens with zero attached hydrogens (tertiary/aromatic N) is 4. The van der Waals surface area contributed by atoms with Gasteiger partial charge in [0.25, 0.3) is 5.91 Å². The highest BCUT2D eigenvalue weighted by Crippen LogP contribution is 2.44. The Hall–Kier alpha value is -3.73. The Morgan fingerprint density at radius 2 is 1.97 bits per heavy atom. The van der Waals surface area contributed by atoms with E-state index in [0.29, 0.717) is 36.2 Å². The average molecular weight is 483 g/mol. The molecule has 1 saturated heterocycles. The molecule has 2 aliphatic heterocycles. The minimum Gasteiger partial charge on any atom is -0.464 e. The summed E-state index contributed by atoms with van der Waals surface area (Å²) in [6, 6.07) is 6.81. The molecule has 1 aromatic heterocycles. The fraction of sp³-hybridized carbons (Fsp3) is 0.458. The third-order valence-electron chi connectivity index (χ3n) is 6.31. The molecule has 3 heterocycles. The number of benzene rings is 1. The number of morpholine rings is 1. The summed E-state index contributed by atoms with van der Waals surface area (Å²) >= 11 is 0. The van der Waals surface area contributed by atoms with Gasteiger partial charge in [-0.15, -0.1) is 0 Å². The highest BCUT2D eigenvalue weighted by molar-refractivity contribution is 6.12. The molecule has 0 radical (unpaired) electrons. The Morgan fingerprint density at radius 1 is 1.26 bits per heavy atom. The molecule has 0 saturated carbocycles. The van der Waals surface area contributed by atoms with Crippen molar-refractivity contribution < 1.29 is 23.9 Å². The highest BCUT2D eigenvalue weighted by atomic mass is 16.5. The number of carbonyl (C=O) groups excluding carboxylic acids is 3. The van der Waals surface area contributed by atoms with E-state index >= 15 is 0 Å². The van der Waals surface area contributed by atoms with Gasteiger partial charge < -0.3 is 25.0 Å². The van der Waals surface area contributed by atoms with Crippen LogP contribution >= 0.6 is 0 Å². The van der Waals surface area contributed by atoms with E-state index in [-0.39, 0.29) is 25.2 Å². The standard InChI is InChI=1S/C24H30N6O5/c1-6-35-21(32)23(2,3)30-17-13-26-18(15-7-9-16(10-8-15)27-22(33)25-5)28-19(17)29-11-12-34-14-24(29,4)20(30)31/h7-10,13H,6,11-12,14H2,1-5H3,(H2,25,27,33). The minimum absolute atomic E-state index is 0.167. The zero-order valence-electron chi connectivity index (χ0n) is 20.5. The Morgan fingerprint density at radius 3 is 2.63 bits per heavy atom. The third kappa shape index (κ3) is 4.16. The average Bonchev–Trinajstić information content (AvgIpc) is 2.84. The van der Waals surface area contributed by atoms with E-state index in [0.717, 1.165) is 5.56 Å². The summed E-state index contributed by atoms with van der Waals surface area (Å²) in [6.07, 6.45) is 1.57. The number of amides is 3. The molecule has 1 aromatic carbocycles. The van der Waals surface area contributed by atoms with Crippen LogP contribution in [-0.2, 0) is 19.1 Å². The first-order chi connectivity index (χ1) is 16.6. The number of rotatable bonds is 5. The Balaban J connectivity index is 1.79. The van der Waals surface area contributed by atoms with E-state index in [1.165, 1.54) is 4.90 Å². The van der Waals surface area contributed by atoms with Crippen LogP contribution < -0.4 is 20.4 Å². The number of urea groups is 1. The maximum atomic E-state index is 13.8. The van der Waals surface area contributed by atoms with Crippen LogP contribution in [0.5, 0.6) is 0 Å². The van der Waals surface area contributed by atoms with E-state index < -0.39 is 17.0 Å². The predicted molar refractivity (Wildman–Crippen MR) is 130 cm³/mol. The third-order valence-corrected chi connectivity index (χ3v) is 6.31. The maximum absolute atomic E-state index is 13.8. The summed E-state index contributed by atoms with van der Waals surface area (Å²) in [5.41, 5.74) is -0.527. The van der Waals surface area contributed by atoms with Crippen molar-refractivity contribution in [3.05, 3.63) is 30.5 Å². The second-order valence-electron chi connectivity index (χ2n) is 9.08. The minimum atomic E-state index is -1.29. The number of aromatic nitrogens is 2. The van der Waals surface area contributed by atoms with Crippen LogP contribution in [0.15, 0.2) is 30.5 Å². The van der Waals surface area contributed by atoms with Gasteiger partial charge in [0, 0.05) is 24.8 Å². The smallest absolute Gasteiger partial charge is 0.331 e. The van der Waals surface area contributed by atoms with Crippen molar-refractivity contribution in [3.63, 3.8) is 0 Å². The Kier molecular flexibility index (Phi) is 6.37. The number of esters is 1. The molecular weight excluding hydrogens is 452 g/mol. The molecule has 11 nitrogen and oxygen atoms in total. The van der Waals surface area contributed by atoms with Crippen LogP contribution in [-0.4, -0.2) is 72.4 Å². The summed E-state index contributed by atoms with van der Waals surface area (Å²) in [4.78, 5) is 51.0. The van der Waals surface area contributed by atoms with Gasteiger partial charge in [-0.2, -0.15) is 0 Å². The number of carbonyl (C=O) groups is 3. The summed E-state index contributed by atoms with van der Waals surface area (Å²) in [6.45, 7) is 8.11. The molecule has 1 unspecified atom stereocenters. The van der Waals surface area contributed by atoms with Crippen molar-refractivity contribution in [2.75, 3.05) is 48.5 Å². The van der Waals surface area contributed by atoms with Gasteiger partial charge in [-0.3, -0.25) is 9.69 Å². The molecule has 35 heavy (non-hydrogen) atoms. The molecule has 0 aliphatic carbocycles. The van der Waals surface area contributed by atoms with Gasteiger partial charge in [0.2, 0.25) is 0 Å². The normalized spacial score (nSPS) is 19.5. The van der Waals surface area contributed by atoms with Crippen molar-refractivity contribution in [2.24, 2.45) is 0 Å². The summed E-state index contributed by atoms with van der Waals surface area (Å²) in [5.74, 6) is 0.206. The lowest BCUT2D eigenvalue weighted by atomic mass is 9.89. The fourth-order valence-electron chi connectivity index (χ4n) is 4.33. The van der Waals surface area contributed by atoms with Crippen LogP contribution in [0.3, 0.4) is 0 Å². The van der Waals surface area contributed by atoms with Crippen LogP contribution in [0.4, 0.5) is 22.0 Å². The Labute approximate surface area is 203 Å². The first-order valence-electron chi connectivity index (χ1n) is 11.5. The van der Waals surface area contributed by atoms with Crippen molar-refractivity contribution in [2.45, 2.75) is 38.8 Å². The van der Waals surface area contributed by atoms with Gasteiger partial charge in [0.1, 0.15) is 16.8 Å². The molecule has 0 bridgehead atoms. The van der Waals surface area contributed by atoms with Crippen molar-refractivity contribution in [1.29, 1.82) is 0 Å². The molecule has 2 aromatic rings. The second-order valence-corrected chi connectivity index (χ2v) is 9.08. The second kappa shape index (κ2) is 9.14. The van der Waals surface area contributed by atoms with Crippen LogP contribution in [0.2, 0.25) is 0 Å². The van der Waals surface area contributed by atoms with E-state index in [9.17, 15) is 14.4 Å². The summed E-state index contributed by atoms with van der Waals surface area (Å²) < 4.78 is 11.0. The quantitative estimate of drug-likeness (QED) is 0.621. The van der Waals surface area contributed by atoms with Gasteiger partial charge in [-0.05, 0) is 52.0 Å². The van der Waals surface area contributed by atoms with E-state index in [2.05, 4.69) is 15.6 Å². The van der Waals surface area contributed by atoms with Crippen LogP contribution in [0.1, 0.15) is 27.7 Å². The summed E-state index contributed by atoms with van der Waals surface area (Å²) in [5, 5.41) is 5.21. The molecular formula is C24H30N6O5. The zero-order chi connectivity index (χ0) is 25.4. The number of fused-ring (bicyclic) bond motifs is 3. The number of hydrogen-bond acceptors (Lipinski definition) is 8. The van der Waals surface area contributed by atoms with Crippen molar-refractivity contribution in [1.82, 2.24) is 15.3 Å². The number of ether oxygens (including phenoxy) is 2. The lowest BCUT2D eigenvalue weighted by molar-refractivity contribution is -0.150. The molecule has 186 valence electrons. The van der Waals surface area contributed by atoms with E-state index in [4.69, 9.17) is 14.5 Å². The number of nitrogens with one attached hydrogen (secondary N) is 2. The fourth-order valence-corrected chi connectivity index (χ4v) is 4.33. The van der Waals surface area contributed by atoms with Gasteiger partial charge in [-0.25, -0.2) is 19.6 Å². The lowest BCUT2D eigenvalue weighted by Crippen LogP contribution is -2.71. The first kappa shape index (κ1) is 24.4. The monoisotopic (exact) mass is 482 g/mol. The summed E-state index contributed by atoms with van der Waals surface area (Å²) in [7, 11) is 1.54. The lowest BCUT2D eigenvalue weighted by Gasteiger charge is -2.53. The van der Waals surface area contributed by atoms with Crippen LogP contribution in [0, 0.1) is 0 Å². The van der Waals surface area contributed by atoms with Gasteiger partial charge in [0.15, 0.2) is 11.6 Å². The largest absolute Gasteiger partial charge is 0.464 e. The SMILES string of the molecule is CCOC(=O)C(C)(C)N1C(=O)C2(C)COCCN2c2nc(-c3ccc(NC(=O)NC)cc3)ncc21. The van der Waals surface area contributed by atoms with Gasteiger partial charge in [-0.1, -0.05) is 0 Å². The maximum Gasteiger partial charge on any atom is 0.331 e. The van der Waals surface area contributed by atoms with Gasteiger partial charge in [0.05, 0.1) is 26.0 Å². The predicted octanol–water partition coefficient (Wildman–Crippen LogP) is 2.18. The molecule has 0 spiro atoms. The molecule has 3 amide bonds. The van der Waals surface area contributed by atoms with Crippen molar-refractivity contribution >= 4 is 35.1 Å². The molecule has 2 aliphatic rings. The van der Waals surface area contributed by atoms with Crippen LogP contribution in [0.25, 0.3) is 11.4 Å². The number of hydrogen-bond donors (Lipinski definition) is 2. The highest BCUT2D eigenvalue weighted by Gasteiger charge is 2.56. The topological polar surface area (TPSA) is 126 Å². The van der Waals surface area contributed by atoms with E-state index in [1.54, 1.807) is 65.2 Å². The van der Waals surface area contributed by atoms with Gasteiger partial charge >= 0.3 is 12.0 Å². The zero-order valence-corrected chi connectivity index (χ0v) is 20.5. The number of anilines is 3. The molecule has 1 atom stereocenters. The molecule has 11 heteroatoms. The molecule has 2 N–H and O–H groups in total.